The van der Waals surface area contributed by atoms with Gasteiger partial charge in [-0.05, 0) is 18.6 Å². The largest absolute Gasteiger partial charge is 0.506 e. The number of pyridine rings is 2. The number of nitriles is 1. The molecule has 2 heterocycles. The van der Waals surface area contributed by atoms with Crippen LogP contribution in [0.15, 0.2) is 47.4 Å². The van der Waals surface area contributed by atoms with Gasteiger partial charge in [0.2, 0.25) is 0 Å². The van der Waals surface area contributed by atoms with Gasteiger partial charge in [-0.2, -0.15) is 5.26 Å². The van der Waals surface area contributed by atoms with E-state index in [1.807, 2.05) is 36.4 Å². The highest BCUT2D eigenvalue weighted by Gasteiger charge is 2.15. The van der Waals surface area contributed by atoms with Crippen LogP contribution in [-0.2, 0) is 6.54 Å². The number of nitrogens with zero attached hydrogens (tertiary/aromatic N) is 3. The SMILES string of the molecule is Cc1cc2c(O)cnc(C#N)c2n(Cc2ccccc2)c1=O. The van der Waals surface area contributed by atoms with E-state index in [2.05, 4.69) is 4.98 Å². The Hall–Kier alpha value is -3.13. The van der Waals surface area contributed by atoms with Crippen LogP contribution in [0.3, 0.4) is 0 Å². The predicted molar refractivity (Wildman–Crippen MR) is 82.7 cm³/mol. The molecule has 0 bridgehead atoms. The molecular weight excluding hydrogens is 278 g/mol. The summed E-state index contributed by atoms with van der Waals surface area (Å²) in [6, 6.07) is 13.1. The van der Waals surface area contributed by atoms with Crippen molar-refractivity contribution in [2.45, 2.75) is 13.5 Å². The topological polar surface area (TPSA) is 78.9 Å². The fourth-order valence-corrected chi connectivity index (χ4v) is 2.51. The van der Waals surface area contributed by atoms with Crippen LogP contribution in [-0.4, -0.2) is 14.7 Å². The summed E-state index contributed by atoms with van der Waals surface area (Å²) >= 11 is 0. The lowest BCUT2D eigenvalue weighted by Gasteiger charge is -2.13. The number of fused-ring (bicyclic) bond motifs is 1. The van der Waals surface area contributed by atoms with Gasteiger partial charge in [-0.1, -0.05) is 30.3 Å². The molecule has 0 aliphatic heterocycles. The van der Waals surface area contributed by atoms with Gasteiger partial charge in [-0.25, -0.2) is 4.98 Å². The maximum atomic E-state index is 12.5. The lowest BCUT2D eigenvalue weighted by Crippen LogP contribution is -2.24. The van der Waals surface area contributed by atoms with Crippen molar-refractivity contribution in [1.29, 1.82) is 5.26 Å². The molecule has 1 aromatic carbocycles. The normalized spacial score (nSPS) is 10.5. The zero-order chi connectivity index (χ0) is 15.7. The molecule has 0 spiro atoms. The summed E-state index contributed by atoms with van der Waals surface area (Å²) in [5, 5.41) is 19.7. The van der Waals surface area contributed by atoms with Crippen LogP contribution in [0.5, 0.6) is 5.75 Å². The van der Waals surface area contributed by atoms with E-state index in [0.29, 0.717) is 23.0 Å². The van der Waals surface area contributed by atoms with Crippen LogP contribution >= 0.6 is 0 Å². The van der Waals surface area contributed by atoms with Crippen LogP contribution in [0.4, 0.5) is 0 Å². The Balaban J connectivity index is 2.37. The molecule has 3 aromatic rings. The van der Waals surface area contributed by atoms with E-state index in [1.54, 1.807) is 13.0 Å². The van der Waals surface area contributed by atoms with Crippen LogP contribution in [0, 0.1) is 18.3 Å². The molecule has 3 rings (SSSR count). The van der Waals surface area contributed by atoms with E-state index in [1.165, 1.54) is 10.8 Å². The molecule has 1 N–H and O–H groups in total. The standard InChI is InChI=1S/C17H13N3O2/c1-11-7-13-15(21)9-19-14(8-18)16(13)20(17(11)22)10-12-5-3-2-4-6-12/h2-7,9,21H,10H2,1H3. The molecule has 0 radical (unpaired) electrons. The first-order chi connectivity index (χ1) is 10.6. The van der Waals surface area contributed by atoms with Crippen molar-refractivity contribution < 1.29 is 5.11 Å². The van der Waals surface area contributed by atoms with E-state index in [0.717, 1.165) is 5.56 Å². The minimum Gasteiger partial charge on any atom is -0.506 e. The molecule has 0 amide bonds. The summed E-state index contributed by atoms with van der Waals surface area (Å²) in [5.41, 5.74) is 1.74. The summed E-state index contributed by atoms with van der Waals surface area (Å²) in [6.07, 6.45) is 1.23. The van der Waals surface area contributed by atoms with E-state index in [4.69, 9.17) is 0 Å². The first-order valence-electron chi connectivity index (χ1n) is 6.78. The Labute approximate surface area is 126 Å². The number of benzene rings is 1. The first kappa shape index (κ1) is 13.8. The van der Waals surface area contributed by atoms with Gasteiger partial charge in [0.25, 0.3) is 5.56 Å². The summed E-state index contributed by atoms with van der Waals surface area (Å²) in [7, 11) is 0. The Kier molecular flexibility index (Phi) is 3.36. The van der Waals surface area contributed by atoms with Crippen molar-refractivity contribution in [3.63, 3.8) is 0 Å². The number of aromatic nitrogens is 2. The molecule has 0 saturated carbocycles. The summed E-state index contributed by atoms with van der Waals surface area (Å²) in [5.74, 6) is -0.0427. The zero-order valence-electron chi connectivity index (χ0n) is 11.9. The second-order valence-corrected chi connectivity index (χ2v) is 5.07. The van der Waals surface area contributed by atoms with E-state index >= 15 is 0 Å². The van der Waals surface area contributed by atoms with Crippen LogP contribution in [0.25, 0.3) is 10.9 Å². The molecule has 0 aliphatic carbocycles. The minimum absolute atomic E-state index is 0.0427. The number of hydrogen-bond acceptors (Lipinski definition) is 4. The summed E-state index contributed by atoms with van der Waals surface area (Å²) in [6.45, 7) is 2.01. The van der Waals surface area contributed by atoms with Crippen molar-refractivity contribution >= 4 is 10.9 Å². The van der Waals surface area contributed by atoms with Crippen LogP contribution in [0.2, 0.25) is 0 Å². The molecule has 0 fully saturated rings. The predicted octanol–water partition coefficient (Wildman–Crippen LogP) is 2.33. The summed E-state index contributed by atoms with van der Waals surface area (Å²) < 4.78 is 1.49. The fourth-order valence-electron chi connectivity index (χ4n) is 2.51. The number of rotatable bonds is 2. The Morgan fingerprint density at radius 2 is 2.05 bits per heavy atom. The van der Waals surface area contributed by atoms with Crippen LogP contribution in [0.1, 0.15) is 16.8 Å². The third kappa shape index (κ3) is 2.21. The molecule has 0 saturated heterocycles. The first-order valence-corrected chi connectivity index (χ1v) is 6.78. The molecule has 5 heteroatoms. The smallest absolute Gasteiger partial charge is 0.254 e. The zero-order valence-corrected chi connectivity index (χ0v) is 11.9. The van der Waals surface area contributed by atoms with E-state index < -0.39 is 0 Å². The van der Waals surface area contributed by atoms with Gasteiger partial charge in [0.1, 0.15) is 11.8 Å². The Morgan fingerprint density at radius 1 is 1.32 bits per heavy atom. The van der Waals surface area contributed by atoms with Gasteiger partial charge in [-0.3, -0.25) is 4.79 Å². The average molecular weight is 291 g/mol. The number of hydrogen-bond donors (Lipinski definition) is 1. The number of aromatic hydroxyl groups is 1. The van der Waals surface area contributed by atoms with Crippen LogP contribution < -0.4 is 5.56 Å². The van der Waals surface area contributed by atoms with Crippen molar-refractivity contribution in [1.82, 2.24) is 9.55 Å². The van der Waals surface area contributed by atoms with E-state index in [-0.39, 0.29) is 17.0 Å². The van der Waals surface area contributed by atoms with E-state index in [9.17, 15) is 15.2 Å². The molecule has 0 unspecified atom stereocenters. The van der Waals surface area contributed by atoms with Gasteiger partial charge in [-0.15, -0.1) is 0 Å². The lowest BCUT2D eigenvalue weighted by molar-refractivity contribution is 0.478. The third-order valence-corrected chi connectivity index (χ3v) is 3.57. The van der Waals surface area contributed by atoms with Crippen molar-refractivity contribution in [3.8, 4) is 11.8 Å². The highest BCUT2D eigenvalue weighted by atomic mass is 16.3. The number of aryl methyl sites for hydroxylation is 1. The van der Waals surface area contributed by atoms with Crippen molar-refractivity contribution in [3.05, 3.63) is 69.8 Å². The molecule has 0 atom stereocenters. The Morgan fingerprint density at radius 3 is 2.73 bits per heavy atom. The molecular formula is C17H13N3O2. The Bertz CT molecular complexity index is 954. The quantitative estimate of drug-likeness (QED) is 0.786. The van der Waals surface area contributed by atoms with Gasteiger partial charge in [0.05, 0.1) is 18.3 Å². The monoisotopic (exact) mass is 291 g/mol. The minimum atomic E-state index is -0.194. The second-order valence-electron chi connectivity index (χ2n) is 5.07. The van der Waals surface area contributed by atoms with Gasteiger partial charge < -0.3 is 9.67 Å². The maximum Gasteiger partial charge on any atom is 0.254 e. The fraction of sp³-hybridized carbons (Fsp3) is 0.118. The molecule has 2 aromatic heterocycles. The van der Waals surface area contributed by atoms with Gasteiger partial charge in [0.15, 0.2) is 5.69 Å². The van der Waals surface area contributed by atoms with Gasteiger partial charge in [0, 0.05) is 10.9 Å². The summed E-state index contributed by atoms with van der Waals surface area (Å²) in [4.78, 5) is 16.4. The maximum absolute atomic E-state index is 12.5. The van der Waals surface area contributed by atoms with Crippen molar-refractivity contribution in [2.75, 3.05) is 0 Å². The molecule has 22 heavy (non-hydrogen) atoms. The molecule has 0 aliphatic rings. The lowest BCUT2D eigenvalue weighted by atomic mass is 10.1. The molecule has 5 nitrogen and oxygen atoms in total. The van der Waals surface area contributed by atoms with Crippen molar-refractivity contribution in [2.24, 2.45) is 0 Å². The highest BCUT2D eigenvalue weighted by molar-refractivity contribution is 5.88. The van der Waals surface area contributed by atoms with Gasteiger partial charge >= 0.3 is 0 Å². The highest BCUT2D eigenvalue weighted by Crippen LogP contribution is 2.25. The average Bonchev–Trinajstić information content (AvgIpc) is 2.54. The second kappa shape index (κ2) is 5.34. The molecule has 108 valence electrons. The third-order valence-electron chi connectivity index (χ3n) is 3.57.